The fraction of sp³-hybridized carbons (Fsp3) is 0.438. The Balaban J connectivity index is 1.74. The zero-order valence-corrected chi connectivity index (χ0v) is 11.5. The molecule has 2 atom stereocenters. The van der Waals surface area contributed by atoms with Gasteiger partial charge in [0.2, 0.25) is 6.29 Å². The number of hydrogen-bond donors (Lipinski definition) is 0. The molecular formula is C16H18O4. The van der Waals surface area contributed by atoms with Crippen LogP contribution in [0.5, 0.6) is 5.75 Å². The van der Waals surface area contributed by atoms with E-state index in [2.05, 4.69) is 6.92 Å². The summed E-state index contributed by atoms with van der Waals surface area (Å²) in [5.41, 5.74) is 1.18. The van der Waals surface area contributed by atoms with E-state index < -0.39 is 0 Å². The van der Waals surface area contributed by atoms with E-state index in [0.717, 1.165) is 12.8 Å². The third-order valence-corrected chi connectivity index (χ3v) is 3.56. The zero-order chi connectivity index (χ0) is 13.9. The molecule has 0 saturated heterocycles. The van der Waals surface area contributed by atoms with Crippen LogP contribution in [-0.2, 0) is 9.47 Å². The molecule has 4 heteroatoms. The Hall–Kier alpha value is -1.81. The maximum absolute atomic E-state index is 12.3. The van der Waals surface area contributed by atoms with Gasteiger partial charge in [-0.3, -0.25) is 4.79 Å². The van der Waals surface area contributed by atoms with E-state index in [1.165, 1.54) is 6.26 Å². The molecule has 2 aliphatic rings. The molecule has 0 saturated carbocycles. The molecule has 1 aromatic carbocycles. The van der Waals surface area contributed by atoms with Gasteiger partial charge in [0.1, 0.15) is 11.9 Å². The van der Waals surface area contributed by atoms with Gasteiger partial charge in [0.05, 0.1) is 30.4 Å². The van der Waals surface area contributed by atoms with Crippen LogP contribution in [-0.4, -0.2) is 24.8 Å². The molecule has 2 heterocycles. The van der Waals surface area contributed by atoms with Crippen molar-refractivity contribution in [2.75, 3.05) is 6.61 Å². The first-order chi connectivity index (χ1) is 9.79. The molecule has 0 fully saturated rings. The molecule has 0 aromatic heterocycles. The Bertz CT molecular complexity index is 535. The lowest BCUT2D eigenvalue weighted by atomic mass is 9.93. The second-order valence-electron chi connectivity index (χ2n) is 5.03. The SMILES string of the molecule is CCCCO[C@H]1C[C@@H]2Oc3ccccc3C(=O)C2=CO1. The number of para-hydroxylation sites is 1. The Kier molecular flexibility index (Phi) is 3.74. The summed E-state index contributed by atoms with van der Waals surface area (Å²) in [7, 11) is 0. The Labute approximate surface area is 118 Å². The number of rotatable bonds is 4. The second kappa shape index (κ2) is 5.67. The molecular weight excluding hydrogens is 256 g/mol. The van der Waals surface area contributed by atoms with Crippen molar-refractivity contribution in [1.82, 2.24) is 0 Å². The standard InChI is InChI=1S/C16H18O4/c1-2-3-8-18-15-9-14-12(10-19-15)16(17)11-6-4-5-7-13(11)20-14/h4-7,10,14-15H,2-3,8-9H2,1H3/t14-,15+/m0/s1. The quantitative estimate of drug-likeness (QED) is 0.791. The van der Waals surface area contributed by atoms with Gasteiger partial charge in [-0.15, -0.1) is 0 Å². The van der Waals surface area contributed by atoms with Gasteiger partial charge in [0, 0.05) is 0 Å². The van der Waals surface area contributed by atoms with Crippen LogP contribution in [0.3, 0.4) is 0 Å². The van der Waals surface area contributed by atoms with Crippen molar-refractivity contribution in [3.63, 3.8) is 0 Å². The number of unbranched alkanes of at least 4 members (excludes halogenated alkanes) is 1. The van der Waals surface area contributed by atoms with Crippen LogP contribution in [0.25, 0.3) is 0 Å². The summed E-state index contributed by atoms with van der Waals surface area (Å²) in [5, 5.41) is 0. The highest BCUT2D eigenvalue weighted by molar-refractivity contribution is 6.12. The highest BCUT2D eigenvalue weighted by Crippen LogP contribution is 2.34. The number of fused-ring (bicyclic) bond motifs is 2. The molecule has 0 spiro atoms. The predicted molar refractivity (Wildman–Crippen MR) is 73.6 cm³/mol. The summed E-state index contributed by atoms with van der Waals surface area (Å²) < 4.78 is 17.0. The average Bonchev–Trinajstić information content (AvgIpc) is 2.48. The van der Waals surface area contributed by atoms with Crippen LogP contribution < -0.4 is 4.74 Å². The Morgan fingerprint density at radius 1 is 1.35 bits per heavy atom. The van der Waals surface area contributed by atoms with E-state index in [1.807, 2.05) is 18.2 Å². The second-order valence-corrected chi connectivity index (χ2v) is 5.03. The third-order valence-electron chi connectivity index (χ3n) is 3.56. The fourth-order valence-corrected chi connectivity index (χ4v) is 2.43. The summed E-state index contributed by atoms with van der Waals surface area (Å²) >= 11 is 0. The van der Waals surface area contributed by atoms with Crippen LogP contribution in [0.4, 0.5) is 0 Å². The van der Waals surface area contributed by atoms with Crippen LogP contribution in [0, 0.1) is 0 Å². The topological polar surface area (TPSA) is 44.8 Å². The van der Waals surface area contributed by atoms with Crippen molar-refractivity contribution in [3.05, 3.63) is 41.7 Å². The van der Waals surface area contributed by atoms with Crippen molar-refractivity contribution in [3.8, 4) is 5.75 Å². The van der Waals surface area contributed by atoms with E-state index >= 15 is 0 Å². The van der Waals surface area contributed by atoms with Gasteiger partial charge in [-0.05, 0) is 18.6 Å². The molecule has 3 rings (SSSR count). The molecule has 0 unspecified atom stereocenters. The summed E-state index contributed by atoms with van der Waals surface area (Å²) in [5.74, 6) is 0.637. The van der Waals surface area contributed by atoms with Crippen LogP contribution in [0.2, 0.25) is 0 Å². The summed E-state index contributed by atoms with van der Waals surface area (Å²) in [6, 6.07) is 7.31. The number of carbonyl (C=O) groups excluding carboxylic acids is 1. The van der Waals surface area contributed by atoms with Gasteiger partial charge in [-0.1, -0.05) is 25.5 Å². The minimum Gasteiger partial charge on any atom is -0.484 e. The Morgan fingerprint density at radius 2 is 2.20 bits per heavy atom. The van der Waals surface area contributed by atoms with E-state index in [4.69, 9.17) is 14.2 Å². The number of ketones is 1. The average molecular weight is 274 g/mol. The highest BCUT2D eigenvalue weighted by atomic mass is 16.7. The molecule has 0 bridgehead atoms. The number of ether oxygens (including phenoxy) is 3. The third kappa shape index (κ3) is 2.43. The minimum absolute atomic E-state index is 0.0103. The van der Waals surface area contributed by atoms with Crippen molar-refractivity contribution in [2.45, 2.75) is 38.6 Å². The first-order valence-corrected chi connectivity index (χ1v) is 7.07. The lowest BCUT2D eigenvalue weighted by Gasteiger charge is -2.33. The van der Waals surface area contributed by atoms with E-state index in [-0.39, 0.29) is 18.2 Å². The lowest BCUT2D eigenvalue weighted by molar-refractivity contribution is -0.131. The van der Waals surface area contributed by atoms with Crippen LogP contribution in [0.1, 0.15) is 36.5 Å². The first-order valence-electron chi connectivity index (χ1n) is 7.07. The van der Waals surface area contributed by atoms with Crippen molar-refractivity contribution in [2.24, 2.45) is 0 Å². The minimum atomic E-state index is -0.326. The maximum atomic E-state index is 12.3. The highest BCUT2D eigenvalue weighted by Gasteiger charge is 2.37. The molecule has 0 N–H and O–H groups in total. The van der Waals surface area contributed by atoms with Gasteiger partial charge in [0.15, 0.2) is 5.78 Å². The number of carbonyl (C=O) groups is 1. The maximum Gasteiger partial charge on any atom is 0.202 e. The number of Topliss-reactive ketones (excluding diaryl/α,β-unsaturated/α-hetero) is 1. The molecule has 4 nitrogen and oxygen atoms in total. The zero-order valence-electron chi connectivity index (χ0n) is 11.5. The molecule has 1 aromatic rings. The van der Waals surface area contributed by atoms with Gasteiger partial charge < -0.3 is 14.2 Å². The smallest absolute Gasteiger partial charge is 0.202 e. The first kappa shape index (κ1) is 13.2. The number of hydrogen-bond acceptors (Lipinski definition) is 4. The van der Waals surface area contributed by atoms with Crippen molar-refractivity contribution >= 4 is 5.78 Å². The van der Waals surface area contributed by atoms with Crippen LogP contribution >= 0.6 is 0 Å². The fourth-order valence-electron chi connectivity index (χ4n) is 2.43. The monoisotopic (exact) mass is 274 g/mol. The Morgan fingerprint density at radius 3 is 3.05 bits per heavy atom. The largest absolute Gasteiger partial charge is 0.484 e. The van der Waals surface area contributed by atoms with Gasteiger partial charge in [-0.2, -0.15) is 0 Å². The summed E-state index contributed by atoms with van der Waals surface area (Å²) in [4.78, 5) is 12.3. The lowest BCUT2D eigenvalue weighted by Crippen LogP contribution is -2.38. The molecule has 2 aliphatic heterocycles. The number of benzene rings is 1. The van der Waals surface area contributed by atoms with Crippen molar-refractivity contribution in [1.29, 1.82) is 0 Å². The summed E-state index contributed by atoms with van der Waals surface area (Å²) in [6.45, 7) is 2.78. The molecule has 0 amide bonds. The predicted octanol–water partition coefficient (Wildman–Crippen LogP) is 3.08. The normalized spacial score (nSPS) is 24.1. The van der Waals surface area contributed by atoms with Crippen molar-refractivity contribution < 1.29 is 19.0 Å². The molecule has 0 aliphatic carbocycles. The van der Waals surface area contributed by atoms with E-state index in [1.54, 1.807) is 6.07 Å². The van der Waals surface area contributed by atoms with Gasteiger partial charge in [-0.25, -0.2) is 0 Å². The molecule has 0 radical (unpaired) electrons. The van der Waals surface area contributed by atoms with Gasteiger partial charge >= 0.3 is 0 Å². The van der Waals surface area contributed by atoms with Gasteiger partial charge in [0.25, 0.3) is 0 Å². The van der Waals surface area contributed by atoms with Crippen LogP contribution in [0.15, 0.2) is 36.1 Å². The molecule has 20 heavy (non-hydrogen) atoms. The van der Waals surface area contributed by atoms with E-state index in [9.17, 15) is 4.79 Å². The summed E-state index contributed by atoms with van der Waals surface area (Å²) in [6.07, 6.45) is 3.55. The van der Waals surface area contributed by atoms with E-state index in [0.29, 0.717) is 29.9 Å². The molecule has 106 valence electrons.